The first-order valence-electron chi connectivity index (χ1n) is 14.6. The van der Waals surface area contributed by atoms with E-state index in [1.165, 1.54) is 18.5 Å². The molecule has 0 radical (unpaired) electrons. The molecule has 3 saturated heterocycles. The number of ether oxygens (including phenoxy) is 3. The molecule has 4 heterocycles. The fourth-order valence-corrected chi connectivity index (χ4v) is 6.05. The van der Waals surface area contributed by atoms with E-state index < -0.39 is 11.7 Å². The van der Waals surface area contributed by atoms with Gasteiger partial charge in [-0.1, -0.05) is 12.1 Å². The first kappa shape index (κ1) is 29.9. The minimum atomic E-state index is -4.35. The molecule has 3 fully saturated rings. The Bertz CT molecular complexity index is 1140. The Labute approximate surface area is 239 Å². The molecule has 5 rings (SSSR count). The number of nitrogens with one attached hydrogen (secondary N) is 1. The van der Waals surface area contributed by atoms with Gasteiger partial charge in [0.25, 0.3) is 5.91 Å². The molecule has 0 bridgehead atoms. The standard InChI is InChI=1S/C30H39F3N4O4/c1-39-28-18-40-16-13-25(28)36-22-11-14-37(15-12-22)29(38)26-17-23(34-19-35-26)9-10-24-3-2-4-27(41-24)20-5-7-21(8-6-20)30(31,32)33/h5-8,17,19,22,24-25,27-28,36H,2-4,9-16,18H2,1H3/t24-,25-,27+,28+/m1/s1. The summed E-state index contributed by atoms with van der Waals surface area (Å²) in [5.74, 6) is -0.0794. The minimum absolute atomic E-state index is 0.0230. The average molecular weight is 577 g/mol. The third kappa shape index (κ3) is 7.82. The first-order chi connectivity index (χ1) is 19.8. The molecular formula is C30H39F3N4O4. The number of likely N-dealkylation sites (tertiary alicyclic amines) is 1. The number of methoxy groups -OCH3 is 1. The molecule has 1 aromatic heterocycles. The Kier molecular flexibility index (Phi) is 9.90. The van der Waals surface area contributed by atoms with E-state index in [2.05, 4.69) is 15.3 Å². The van der Waals surface area contributed by atoms with Crippen LogP contribution in [0.2, 0.25) is 0 Å². The largest absolute Gasteiger partial charge is 0.416 e. The van der Waals surface area contributed by atoms with E-state index in [1.807, 2.05) is 4.90 Å². The number of hydrogen-bond donors (Lipinski definition) is 1. The molecule has 3 aliphatic rings. The highest BCUT2D eigenvalue weighted by molar-refractivity contribution is 5.92. The highest BCUT2D eigenvalue weighted by Gasteiger charge is 2.32. The van der Waals surface area contributed by atoms with Gasteiger partial charge in [0, 0.05) is 44.6 Å². The number of carbonyl (C=O) groups is 1. The maximum atomic E-state index is 13.2. The lowest BCUT2D eigenvalue weighted by molar-refractivity contribution is -0.137. The number of halogens is 3. The molecular weight excluding hydrogens is 537 g/mol. The lowest BCUT2D eigenvalue weighted by Gasteiger charge is -2.38. The molecule has 0 spiro atoms. The van der Waals surface area contributed by atoms with E-state index in [-0.39, 0.29) is 30.3 Å². The molecule has 3 aliphatic heterocycles. The van der Waals surface area contributed by atoms with E-state index in [1.54, 1.807) is 13.2 Å². The number of carbonyl (C=O) groups excluding carboxylic acids is 1. The van der Waals surface area contributed by atoms with Crippen molar-refractivity contribution in [3.05, 3.63) is 59.2 Å². The van der Waals surface area contributed by atoms with Crippen molar-refractivity contribution in [2.45, 2.75) is 87.9 Å². The molecule has 11 heteroatoms. The van der Waals surface area contributed by atoms with Crippen molar-refractivity contribution in [2.24, 2.45) is 0 Å². The van der Waals surface area contributed by atoms with Crippen molar-refractivity contribution >= 4 is 5.91 Å². The summed E-state index contributed by atoms with van der Waals surface area (Å²) in [6, 6.07) is 7.63. The summed E-state index contributed by atoms with van der Waals surface area (Å²) in [6.45, 7) is 2.67. The van der Waals surface area contributed by atoms with Crippen LogP contribution in [0.5, 0.6) is 0 Å². The van der Waals surface area contributed by atoms with Gasteiger partial charge in [-0.15, -0.1) is 0 Å². The zero-order valence-corrected chi connectivity index (χ0v) is 23.4. The SMILES string of the molecule is CO[C@H]1COCC[C@H]1NC1CCN(C(=O)c2cc(CC[C@H]3CCC[C@@H](c4ccc(C(F)(F)F)cc4)O3)ncn2)CC1. The van der Waals surface area contributed by atoms with Crippen LogP contribution in [0.3, 0.4) is 0 Å². The van der Waals surface area contributed by atoms with E-state index in [0.717, 1.165) is 68.5 Å². The molecule has 0 unspecified atom stereocenters. The summed E-state index contributed by atoms with van der Waals surface area (Å²) in [6.07, 6.45) is 3.52. The minimum Gasteiger partial charge on any atom is -0.379 e. The summed E-state index contributed by atoms with van der Waals surface area (Å²) in [5.41, 5.74) is 1.30. The molecule has 1 aromatic carbocycles. The average Bonchev–Trinajstić information content (AvgIpc) is 3.00. The van der Waals surface area contributed by atoms with Gasteiger partial charge in [-0.2, -0.15) is 13.2 Å². The summed E-state index contributed by atoms with van der Waals surface area (Å²) >= 11 is 0. The normalized spacial score (nSPS) is 26.2. The van der Waals surface area contributed by atoms with Gasteiger partial charge in [0.1, 0.15) is 12.0 Å². The van der Waals surface area contributed by atoms with Gasteiger partial charge in [-0.05, 0) is 75.1 Å². The molecule has 41 heavy (non-hydrogen) atoms. The molecule has 1 amide bonds. The van der Waals surface area contributed by atoms with Crippen molar-refractivity contribution in [1.29, 1.82) is 0 Å². The second kappa shape index (κ2) is 13.6. The molecule has 0 saturated carbocycles. The fraction of sp³-hybridized carbons (Fsp3) is 0.633. The highest BCUT2D eigenvalue weighted by atomic mass is 19.4. The topological polar surface area (TPSA) is 85.8 Å². The highest BCUT2D eigenvalue weighted by Crippen LogP contribution is 2.35. The van der Waals surface area contributed by atoms with Crippen LogP contribution < -0.4 is 5.32 Å². The number of nitrogens with zero attached hydrogens (tertiary/aromatic N) is 3. The number of amides is 1. The van der Waals surface area contributed by atoms with Crippen molar-refractivity contribution in [3.63, 3.8) is 0 Å². The lowest BCUT2D eigenvalue weighted by Crippen LogP contribution is -2.54. The van der Waals surface area contributed by atoms with Crippen molar-refractivity contribution in [1.82, 2.24) is 20.2 Å². The number of alkyl halides is 3. The predicted octanol–water partition coefficient (Wildman–Crippen LogP) is 4.74. The Balaban J connectivity index is 1.10. The third-order valence-corrected chi connectivity index (χ3v) is 8.46. The van der Waals surface area contributed by atoms with E-state index >= 15 is 0 Å². The number of aryl methyl sites for hydroxylation is 1. The van der Waals surface area contributed by atoms with Gasteiger partial charge in [-0.3, -0.25) is 4.79 Å². The summed E-state index contributed by atoms with van der Waals surface area (Å²) in [5, 5.41) is 3.71. The van der Waals surface area contributed by atoms with Gasteiger partial charge >= 0.3 is 6.18 Å². The van der Waals surface area contributed by atoms with Crippen LogP contribution in [0.25, 0.3) is 0 Å². The van der Waals surface area contributed by atoms with Gasteiger partial charge in [-0.25, -0.2) is 9.97 Å². The zero-order chi connectivity index (χ0) is 28.8. The van der Waals surface area contributed by atoms with Crippen LogP contribution in [0.1, 0.15) is 78.4 Å². The van der Waals surface area contributed by atoms with Crippen LogP contribution >= 0.6 is 0 Å². The molecule has 2 aromatic rings. The molecule has 8 nitrogen and oxygen atoms in total. The number of piperidine rings is 1. The van der Waals surface area contributed by atoms with E-state index in [4.69, 9.17) is 14.2 Å². The van der Waals surface area contributed by atoms with Gasteiger partial charge in [0.15, 0.2) is 0 Å². The summed E-state index contributed by atoms with van der Waals surface area (Å²) < 4.78 is 56.1. The molecule has 224 valence electrons. The van der Waals surface area contributed by atoms with Gasteiger partial charge in [0.05, 0.1) is 30.5 Å². The Morgan fingerprint density at radius 2 is 1.88 bits per heavy atom. The van der Waals surface area contributed by atoms with Crippen LogP contribution in [0.15, 0.2) is 36.7 Å². The molecule has 0 aliphatic carbocycles. The van der Waals surface area contributed by atoms with Crippen molar-refractivity contribution < 1.29 is 32.2 Å². The Morgan fingerprint density at radius 3 is 2.61 bits per heavy atom. The number of benzene rings is 1. The molecule has 4 atom stereocenters. The van der Waals surface area contributed by atoms with Crippen LogP contribution in [-0.2, 0) is 26.8 Å². The number of aromatic nitrogens is 2. The van der Waals surface area contributed by atoms with Crippen LogP contribution in [-0.4, -0.2) is 78.5 Å². The van der Waals surface area contributed by atoms with E-state index in [9.17, 15) is 18.0 Å². The van der Waals surface area contributed by atoms with Crippen LogP contribution in [0, 0.1) is 0 Å². The quantitative estimate of drug-likeness (QED) is 0.486. The maximum Gasteiger partial charge on any atom is 0.416 e. The van der Waals surface area contributed by atoms with Gasteiger partial charge < -0.3 is 24.4 Å². The van der Waals surface area contributed by atoms with E-state index in [0.29, 0.717) is 44.3 Å². The first-order valence-corrected chi connectivity index (χ1v) is 14.6. The fourth-order valence-electron chi connectivity index (χ4n) is 6.05. The third-order valence-electron chi connectivity index (χ3n) is 8.46. The second-order valence-electron chi connectivity index (χ2n) is 11.2. The number of rotatable bonds is 8. The van der Waals surface area contributed by atoms with Gasteiger partial charge in [0.2, 0.25) is 0 Å². The lowest BCUT2D eigenvalue weighted by atomic mass is 9.95. The monoisotopic (exact) mass is 576 g/mol. The van der Waals surface area contributed by atoms with Crippen molar-refractivity contribution in [3.8, 4) is 0 Å². The number of hydrogen-bond acceptors (Lipinski definition) is 7. The summed E-state index contributed by atoms with van der Waals surface area (Å²) in [4.78, 5) is 23.7. The predicted molar refractivity (Wildman–Crippen MR) is 145 cm³/mol. The second-order valence-corrected chi connectivity index (χ2v) is 11.2. The van der Waals surface area contributed by atoms with Crippen molar-refractivity contribution in [2.75, 3.05) is 33.4 Å². The maximum absolute atomic E-state index is 13.2. The van der Waals surface area contributed by atoms with Crippen LogP contribution in [0.4, 0.5) is 13.2 Å². The zero-order valence-electron chi connectivity index (χ0n) is 23.4. The molecule has 1 N–H and O–H groups in total. The Hall–Kier alpha value is -2.60. The Morgan fingerprint density at radius 1 is 1.10 bits per heavy atom. The smallest absolute Gasteiger partial charge is 0.379 e. The summed E-state index contributed by atoms with van der Waals surface area (Å²) in [7, 11) is 1.72.